The van der Waals surface area contributed by atoms with Crippen molar-refractivity contribution in [3.8, 4) is 0 Å². The zero-order valence-electron chi connectivity index (χ0n) is 9.76. The molecule has 0 bridgehead atoms. The Bertz CT molecular complexity index is 505. The summed E-state index contributed by atoms with van der Waals surface area (Å²) in [6.07, 6.45) is 4.64. The Morgan fingerprint density at radius 1 is 1.28 bits per heavy atom. The smallest absolute Gasteiger partial charge is 0.169 e. The lowest BCUT2D eigenvalue weighted by Crippen LogP contribution is -2.07. The van der Waals surface area contributed by atoms with Crippen molar-refractivity contribution < 1.29 is 9.18 Å². The average molecular weight is 332 g/mol. The molecule has 2 aliphatic rings. The molecule has 2 atom stereocenters. The molecular weight excluding hydrogens is 319 g/mol. The van der Waals surface area contributed by atoms with Crippen LogP contribution in [0.5, 0.6) is 0 Å². The van der Waals surface area contributed by atoms with Gasteiger partial charge in [0.1, 0.15) is 5.82 Å². The van der Waals surface area contributed by atoms with E-state index in [1.807, 2.05) is 0 Å². The first-order valence-corrected chi connectivity index (χ1v) is 7.45. The summed E-state index contributed by atoms with van der Waals surface area (Å²) in [6, 6.07) is 2.73. The van der Waals surface area contributed by atoms with Gasteiger partial charge in [0, 0.05) is 10.4 Å². The first-order valence-electron chi connectivity index (χ1n) is 6.28. The zero-order valence-corrected chi connectivity index (χ0v) is 12.1. The van der Waals surface area contributed by atoms with Crippen LogP contribution in [0, 0.1) is 23.6 Å². The van der Waals surface area contributed by atoms with Gasteiger partial charge in [0.05, 0.1) is 10.6 Å². The molecule has 0 radical (unpaired) electrons. The van der Waals surface area contributed by atoms with Gasteiger partial charge in [0.25, 0.3) is 0 Å². The van der Waals surface area contributed by atoms with Gasteiger partial charge >= 0.3 is 0 Å². The van der Waals surface area contributed by atoms with E-state index in [2.05, 4.69) is 15.9 Å². The van der Waals surface area contributed by atoms with Crippen LogP contribution in [0.4, 0.5) is 4.39 Å². The third-order valence-electron chi connectivity index (χ3n) is 4.23. The van der Waals surface area contributed by atoms with Gasteiger partial charge in [-0.15, -0.1) is 0 Å². The van der Waals surface area contributed by atoms with E-state index in [9.17, 15) is 9.18 Å². The van der Waals surface area contributed by atoms with Crippen LogP contribution < -0.4 is 0 Å². The molecule has 0 heterocycles. The Morgan fingerprint density at radius 2 is 1.89 bits per heavy atom. The summed E-state index contributed by atoms with van der Waals surface area (Å²) in [7, 11) is 0. The van der Waals surface area contributed by atoms with Gasteiger partial charge in [-0.1, -0.05) is 24.4 Å². The van der Waals surface area contributed by atoms with E-state index in [-0.39, 0.29) is 17.3 Å². The van der Waals surface area contributed by atoms with E-state index in [1.54, 1.807) is 0 Å². The maximum absolute atomic E-state index is 13.8. The maximum Gasteiger partial charge on any atom is 0.169 e. The van der Waals surface area contributed by atoms with Gasteiger partial charge in [-0.05, 0) is 52.7 Å². The highest BCUT2D eigenvalue weighted by Gasteiger charge is 2.54. The van der Waals surface area contributed by atoms with Gasteiger partial charge in [-0.2, -0.15) is 0 Å². The van der Waals surface area contributed by atoms with E-state index in [0.29, 0.717) is 21.3 Å². The molecule has 3 rings (SSSR count). The number of Topliss-reactive ketones (excluding diaryl/α,β-unsaturated/α-hetero) is 1. The largest absolute Gasteiger partial charge is 0.294 e. The molecule has 0 spiro atoms. The highest BCUT2D eigenvalue weighted by molar-refractivity contribution is 9.10. The van der Waals surface area contributed by atoms with Crippen LogP contribution in [-0.4, -0.2) is 5.78 Å². The van der Waals surface area contributed by atoms with Crippen molar-refractivity contribution in [3.63, 3.8) is 0 Å². The van der Waals surface area contributed by atoms with Crippen molar-refractivity contribution in [1.82, 2.24) is 0 Å². The molecule has 0 aromatic heterocycles. The molecule has 0 amide bonds. The lowest BCUT2D eigenvalue weighted by atomic mass is 10.0. The van der Waals surface area contributed by atoms with E-state index in [0.717, 1.165) is 12.8 Å². The molecule has 2 saturated carbocycles. The number of hydrogen-bond acceptors (Lipinski definition) is 1. The Hall–Kier alpha value is -0.410. The summed E-state index contributed by atoms with van der Waals surface area (Å²) in [5.74, 6) is 0.499. The molecule has 1 aromatic rings. The van der Waals surface area contributed by atoms with Crippen molar-refractivity contribution in [2.24, 2.45) is 17.8 Å². The van der Waals surface area contributed by atoms with Crippen molar-refractivity contribution in [2.75, 3.05) is 0 Å². The number of halogens is 3. The van der Waals surface area contributed by atoms with E-state index < -0.39 is 5.82 Å². The van der Waals surface area contributed by atoms with Crippen molar-refractivity contribution >= 4 is 33.3 Å². The van der Waals surface area contributed by atoms with Crippen molar-refractivity contribution in [2.45, 2.75) is 25.7 Å². The van der Waals surface area contributed by atoms with Crippen LogP contribution in [0.1, 0.15) is 36.0 Å². The quantitative estimate of drug-likeness (QED) is 0.558. The minimum atomic E-state index is -0.472. The first kappa shape index (κ1) is 12.6. The van der Waals surface area contributed by atoms with Gasteiger partial charge in [0.2, 0.25) is 0 Å². The number of rotatable bonds is 2. The van der Waals surface area contributed by atoms with Crippen LogP contribution in [0.2, 0.25) is 5.02 Å². The number of carbonyl (C=O) groups is 1. The number of benzene rings is 1. The maximum atomic E-state index is 13.8. The van der Waals surface area contributed by atoms with Gasteiger partial charge in [-0.3, -0.25) is 4.79 Å². The molecule has 1 aromatic carbocycles. The predicted octanol–water partition coefficient (Wildman–Crippen LogP) is 4.86. The SMILES string of the molecule is O=C(c1cc(Cl)c(Br)cc1F)C1C2CCCCC21. The normalized spacial score (nSPS) is 29.8. The third-order valence-corrected chi connectivity index (χ3v) is 5.43. The Balaban J connectivity index is 1.87. The van der Waals surface area contributed by atoms with Crippen LogP contribution >= 0.6 is 27.5 Å². The Morgan fingerprint density at radius 3 is 2.50 bits per heavy atom. The molecule has 2 fully saturated rings. The molecule has 96 valence electrons. The minimum absolute atomic E-state index is 0.0410. The van der Waals surface area contributed by atoms with Crippen LogP contribution in [0.15, 0.2) is 16.6 Å². The summed E-state index contributed by atoms with van der Waals surface area (Å²) in [6.45, 7) is 0. The average Bonchev–Trinajstić information content (AvgIpc) is 3.07. The van der Waals surface area contributed by atoms with E-state index in [1.165, 1.54) is 25.0 Å². The second-order valence-electron chi connectivity index (χ2n) is 5.25. The minimum Gasteiger partial charge on any atom is -0.294 e. The standard InChI is InChI=1S/C14H13BrClFO/c15-10-6-12(17)9(5-11(10)16)14(18)13-7-3-1-2-4-8(7)13/h5-8,13H,1-4H2. The summed E-state index contributed by atoms with van der Waals surface area (Å²) in [5.41, 5.74) is 0.155. The lowest BCUT2D eigenvalue weighted by Gasteiger charge is -2.04. The lowest BCUT2D eigenvalue weighted by molar-refractivity contribution is 0.0952. The molecule has 4 heteroatoms. The predicted molar refractivity (Wildman–Crippen MR) is 72.4 cm³/mol. The highest BCUT2D eigenvalue weighted by atomic mass is 79.9. The number of fused-ring (bicyclic) bond motifs is 1. The molecule has 0 aliphatic heterocycles. The zero-order chi connectivity index (χ0) is 12.9. The third kappa shape index (κ3) is 2.01. The number of hydrogen-bond donors (Lipinski definition) is 0. The second kappa shape index (κ2) is 4.61. The summed E-state index contributed by atoms with van der Waals surface area (Å²) in [5, 5.41) is 0.392. The van der Waals surface area contributed by atoms with Crippen LogP contribution in [0.3, 0.4) is 0 Å². The van der Waals surface area contributed by atoms with Gasteiger partial charge in [0.15, 0.2) is 5.78 Å². The fourth-order valence-corrected chi connectivity index (χ4v) is 3.75. The molecule has 18 heavy (non-hydrogen) atoms. The molecule has 0 saturated heterocycles. The van der Waals surface area contributed by atoms with Gasteiger partial charge < -0.3 is 0 Å². The monoisotopic (exact) mass is 330 g/mol. The molecule has 2 aliphatic carbocycles. The summed E-state index contributed by atoms with van der Waals surface area (Å²) < 4.78 is 14.3. The molecule has 0 N–H and O–H groups in total. The van der Waals surface area contributed by atoms with E-state index >= 15 is 0 Å². The van der Waals surface area contributed by atoms with Crippen molar-refractivity contribution in [1.29, 1.82) is 0 Å². The summed E-state index contributed by atoms with van der Waals surface area (Å²) >= 11 is 9.10. The fourth-order valence-electron chi connectivity index (χ4n) is 3.27. The van der Waals surface area contributed by atoms with Gasteiger partial charge in [-0.25, -0.2) is 4.39 Å². The first-order chi connectivity index (χ1) is 8.59. The fraction of sp³-hybridized carbons (Fsp3) is 0.500. The molecular formula is C14H13BrClFO. The highest BCUT2D eigenvalue weighted by Crippen LogP contribution is 2.56. The topological polar surface area (TPSA) is 17.1 Å². The Kier molecular flexibility index (Phi) is 3.23. The molecule has 1 nitrogen and oxygen atoms in total. The number of ketones is 1. The Labute approximate surface area is 119 Å². The second-order valence-corrected chi connectivity index (χ2v) is 6.51. The molecule has 2 unspecified atom stereocenters. The van der Waals surface area contributed by atoms with Crippen molar-refractivity contribution in [3.05, 3.63) is 33.0 Å². The van der Waals surface area contributed by atoms with Crippen LogP contribution in [-0.2, 0) is 0 Å². The van der Waals surface area contributed by atoms with Crippen LogP contribution in [0.25, 0.3) is 0 Å². The number of carbonyl (C=O) groups excluding carboxylic acids is 1. The summed E-state index contributed by atoms with van der Waals surface area (Å²) in [4.78, 5) is 12.3. The van der Waals surface area contributed by atoms with E-state index in [4.69, 9.17) is 11.6 Å².